The van der Waals surface area contributed by atoms with Crippen LogP contribution in [0.1, 0.15) is 5.56 Å². The van der Waals surface area contributed by atoms with Crippen LogP contribution in [0.2, 0.25) is 0 Å². The molecule has 17 heavy (non-hydrogen) atoms. The van der Waals surface area contributed by atoms with Crippen molar-refractivity contribution in [3.05, 3.63) is 35.9 Å². The van der Waals surface area contributed by atoms with Gasteiger partial charge in [0, 0.05) is 11.1 Å². The Kier molecular flexibility index (Phi) is 2.91. The molecule has 0 aliphatic carbocycles. The quantitative estimate of drug-likeness (QED) is 0.863. The molecule has 1 heterocycles. The number of nitrogens with zero attached hydrogens (tertiary/aromatic N) is 2. The summed E-state index contributed by atoms with van der Waals surface area (Å²) in [5.74, 6) is 0.168. The number of hydrogen-bond acceptors (Lipinski definition) is 4. The number of nitrogen functional groups attached to an aromatic ring is 1. The highest BCUT2D eigenvalue weighted by molar-refractivity contribution is 5.67. The first-order chi connectivity index (χ1) is 8.13. The Morgan fingerprint density at radius 3 is 2.71 bits per heavy atom. The second kappa shape index (κ2) is 4.37. The van der Waals surface area contributed by atoms with Gasteiger partial charge in [-0.3, -0.25) is 0 Å². The molecule has 0 atom stereocenters. The number of methoxy groups -OCH3 is 1. The van der Waals surface area contributed by atoms with E-state index in [1.54, 1.807) is 19.1 Å². The minimum absolute atomic E-state index is 0.202. The second-order valence-electron chi connectivity index (χ2n) is 3.58. The lowest BCUT2D eigenvalue weighted by Gasteiger charge is -2.08. The van der Waals surface area contributed by atoms with Gasteiger partial charge in [-0.2, -0.15) is 0 Å². The van der Waals surface area contributed by atoms with Crippen LogP contribution in [0.4, 0.5) is 10.2 Å². The highest BCUT2D eigenvalue weighted by atomic mass is 19.1. The highest BCUT2D eigenvalue weighted by Crippen LogP contribution is 2.27. The van der Waals surface area contributed by atoms with Crippen LogP contribution in [0.15, 0.2) is 24.5 Å². The van der Waals surface area contributed by atoms with Gasteiger partial charge in [-0.1, -0.05) is 0 Å². The van der Waals surface area contributed by atoms with E-state index >= 15 is 0 Å². The van der Waals surface area contributed by atoms with Crippen LogP contribution in [0.3, 0.4) is 0 Å². The first-order valence-corrected chi connectivity index (χ1v) is 5.04. The standard InChI is InChI=1S/C12H12FN3O/c1-7-11(15-6-16-12(7)14)8-3-4-10(17-2)9(13)5-8/h3-6H,1-2H3,(H2,14,15,16). The Hall–Kier alpha value is -2.17. The lowest BCUT2D eigenvalue weighted by molar-refractivity contribution is 0.386. The summed E-state index contributed by atoms with van der Waals surface area (Å²) in [7, 11) is 1.42. The van der Waals surface area contributed by atoms with Crippen LogP contribution in [-0.2, 0) is 0 Å². The molecule has 0 spiro atoms. The smallest absolute Gasteiger partial charge is 0.165 e. The van der Waals surface area contributed by atoms with Crippen molar-refractivity contribution in [3.8, 4) is 17.0 Å². The molecular formula is C12H12FN3O. The van der Waals surface area contributed by atoms with E-state index in [9.17, 15) is 4.39 Å². The highest BCUT2D eigenvalue weighted by Gasteiger charge is 2.10. The summed E-state index contributed by atoms with van der Waals surface area (Å²) in [5.41, 5.74) is 7.69. The lowest BCUT2D eigenvalue weighted by Crippen LogP contribution is -1.99. The van der Waals surface area contributed by atoms with Crippen molar-refractivity contribution in [3.63, 3.8) is 0 Å². The number of aromatic nitrogens is 2. The summed E-state index contributed by atoms with van der Waals surface area (Å²) in [4.78, 5) is 7.98. The van der Waals surface area contributed by atoms with E-state index in [0.29, 0.717) is 17.1 Å². The first kappa shape index (κ1) is 11.3. The van der Waals surface area contributed by atoms with Gasteiger partial charge < -0.3 is 10.5 Å². The van der Waals surface area contributed by atoms with Crippen LogP contribution in [0.25, 0.3) is 11.3 Å². The van der Waals surface area contributed by atoms with Gasteiger partial charge >= 0.3 is 0 Å². The summed E-state index contributed by atoms with van der Waals surface area (Å²) in [6.07, 6.45) is 1.36. The van der Waals surface area contributed by atoms with E-state index in [1.807, 2.05) is 0 Å². The average Bonchev–Trinajstić information content (AvgIpc) is 2.32. The molecule has 2 N–H and O–H groups in total. The number of halogens is 1. The predicted molar refractivity (Wildman–Crippen MR) is 63.1 cm³/mol. The van der Waals surface area contributed by atoms with Gasteiger partial charge in [0.2, 0.25) is 0 Å². The number of benzene rings is 1. The van der Waals surface area contributed by atoms with Crippen LogP contribution >= 0.6 is 0 Å². The fourth-order valence-electron chi connectivity index (χ4n) is 1.57. The molecule has 0 aliphatic heterocycles. The van der Waals surface area contributed by atoms with Gasteiger partial charge in [-0.25, -0.2) is 14.4 Å². The summed E-state index contributed by atoms with van der Waals surface area (Å²) in [5, 5.41) is 0. The molecule has 0 unspecified atom stereocenters. The number of anilines is 1. The normalized spacial score (nSPS) is 10.3. The molecule has 0 radical (unpaired) electrons. The number of hydrogen-bond donors (Lipinski definition) is 1. The SMILES string of the molecule is COc1ccc(-c2ncnc(N)c2C)cc1F. The van der Waals surface area contributed by atoms with Crippen LogP contribution in [0, 0.1) is 12.7 Å². The molecular weight excluding hydrogens is 221 g/mol. The largest absolute Gasteiger partial charge is 0.494 e. The fraction of sp³-hybridized carbons (Fsp3) is 0.167. The van der Waals surface area contributed by atoms with Crippen LogP contribution in [0.5, 0.6) is 5.75 Å². The maximum Gasteiger partial charge on any atom is 0.165 e. The molecule has 2 aromatic rings. The second-order valence-corrected chi connectivity index (χ2v) is 3.58. The molecule has 1 aromatic carbocycles. The molecule has 5 heteroatoms. The Morgan fingerprint density at radius 1 is 1.29 bits per heavy atom. The van der Waals surface area contributed by atoms with Crippen molar-refractivity contribution in [2.75, 3.05) is 12.8 Å². The monoisotopic (exact) mass is 233 g/mol. The van der Waals surface area contributed by atoms with E-state index in [1.165, 1.54) is 19.5 Å². The van der Waals surface area contributed by atoms with Crippen molar-refractivity contribution in [2.45, 2.75) is 6.92 Å². The predicted octanol–water partition coefficient (Wildman–Crippen LogP) is 2.18. The lowest BCUT2D eigenvalue weighted by atomic mass is 10.1. The first-order valence-electron chi connectivity index (χ1n) is 5.04. The van der Waals surface area contributed by atoms with Gasteiger partial charge in [-0.15, -0.1) is 0 Å². The van der Waals surface area contributed by atoms with Crippen molar-refractivity contribution in [2.24, 2.45) is 0 Å². The molecule has 0 saturated carbocycles. The van der Waals surface area contributed by atoms with Gasteiger partial charge in [0.25, 0.3) is 0 Å². The van der Waals surface area contributed by atoms with E-state index < -0.39 is 5.82 Å². The third-order valence-corrected chi connectivity index (χ3v) is 2.55. The Balaban J connectivity index is 2.54. The van der Waals surface area contributed by atoms with Crippen molar-refractivity contribution >= 4 is 5.82 Å². The summed E-state index contributed by atoms with van der Waals surface area (Å²) in [6, 6.07) is 4.66. The molecule has 0 saturated heterocycles. The van der Waals surface area contributed by atoms with Gasteiger partial charge in [-0.05, 0) is 25.1 Å². The van der Waals surface area contributed by atoms with Gasteiger partial charge in [0.1, 0.15) is 12.1 Å². The maximum atomic E-state index is 13.6. The molecule has 4 nitrogen and oxygen atoms in total. The molecule has 1 aromatic heterocycles. The number of ether oxygens (including phenoxy) is 1. The molecule has 2 rings (SSSR count). The summed E-state index contributed by atoms with van der Waals surface area (Å²) < 4.78 is 18.4. The zero-order chi connectivity index (χ0) is 12.4. The molecule has 0 fully saturated rings. The molecule has 88 valence electrons. The summed E-state index contributed by atoms with van der Waals surface area (Å²) in [6.45, 7) is 1.80. The van der Waals surface area contributed by atoms with Gasteiger partial charge in [0.05, 0.1) is 12.8 Å². The van der Waals surface area contributed by atoms with Crippen LogP contribution < -0.4 is 10.5 Å². The Bertz CT molecular complexity index is 557. The van der Waals surface area contributed by atoms with Crippen molar-refractivity contribution < 1.29 is 9.13 Å². The summed E-state index contributed by atoms with van der Waals surface area (Å²) >= 11 is 0. The molecule has 0 bridgehead atoms. The fourth-order valence-corrected chi connectivity index (χ4v) is 1.57. The van der Waals surface area contributed by atoms with Gasteiger partial charge in [0.15, 0.2) is 11.6 Å². The van der Waals surface area contributed by atoms with E-state index in [0.717, 1.165) is 5.56 Å². The minimum atomic E-state index is -0.429. The third-order valence-electron chi connectivity index (χ3n) is 2.55. The Morgan fingerprint density at radius 2 is 2.06 bits per heavy atom. The topological polar surface area (TPSA) is 61.0 Å². The third kappa shape index (κ3) is 2.04. The molecule has 0 amide bonds. The zero-order valence-electron chi connectivity index (χ0n) is 9.57. The Labute approximate surface area is 98.3 Å². The molecule has 0 aliphatic rings. The minimum Gasteiger partial charge on any atom is -0.494 e. The van der Waals surface area contributed by atoms with Crippen molar-refractivity contribution in [1.82, 2.24) is 9.97 Å². The van der Waals surface area contributed by atoms with E-state index in [4.69, 9.17) is 10.5 Å². The maximum absolute atomic E-state index is 13.6. The van der Waals surface area contributed by atoms with Crippen LogP contribution in [-0.4, -0.2) is 17.1 Å². The average molecular weight is 233 g/mol. The van der Waals surface area contributed by atoms with Crippen molar-refractivity contribution in [1.29, 1.82) is 0 Å². The van der Waals surface area contributed by atoms with E-state index in [2.05, 4.69) is 9.97 Å². The number of rotatable bonds is 2. The zero-order valence-corrected chi connectivity index (χ0v) is 9.57. The van der Waals surface area contributed by atoms with E-state index in [-0.39, 0.29) is 5.75 Å². The number of nitrogens with two attached hydrogens (primary N) is 1.